The van der Waals surface area contributed by atoms with Crippen molar-refractivity contribution in [1.29, 1.82) is 0 Å². The molecule has 1 atom stereocenters. The lowest BCUT2D eigenvalue weighted by atomic mass is 9.96. The first-order valence-corrected chi connectivity index (χ1v) is 8.41. The minimum absolute atomic E-state index is 0.580. The Bertz CT molecular complexity index is 496. The lowest BCUT2D eigenvalue weighted by Gasteiger charge is -2.17. The van der Waals surface area contributed by atoms with Crippen molar-refractivity contribution in [3.05, 3.63) is 46.4 Å². The maximum atomic E-state index is 5.22. The number of nitrogens with zero attached hydrogens (tertiary/aromatic N) is 1. The van der Waals surface area contributed by atoms with Gasteiger partial charge in [-0.1, -0.05) is 19.1 Å². The number of hydrogen-bond acceptors (Lipinski definition) is 4. The van der Waals surface area contributed by atoms with Gasteiger partial charge in [0, 0.05) is 18.0 Å². The molecule has 2 rings (SSSR count). The molecule has 0 fully saturated rings. The molecule has 3 nitrogen and oxygen atoms in total. The van der Waals surface area contributed by atoms with Crippen LogP contribution in [0.3, 0.4) is 0 Å². The molecule has 21 heavy (non-hydrogen) atoms. The minimum Gasteiger partial charge on any atom is -0.497 e. The van der Waals surface area contributed by atoms with E-state index >= 15 is 0 Å². The zero-order valence-electron chi connectivity index (χ0n) is 12.8. The SMILES string of the molecule is CCCNCC(Cc1ccc(OC)cc1)Cc1nccs1. The molecular formula is C17H24N2OS. The van der Waals surface area contributed by atoms with E-state index in [4.69, 9.17) is 4.74 Å². The highest BCUT2D eigenvalue weighted by atomic mass is 32.1. The van der Waals surface area contributed by atoms with Gasteiger partial charge in [0.25, 0.3) is 0 Å². The molecule has 4 heteroatoms. The third-order valence-electron chi connectivity index (χ3n) is 3.49. The van der Waals surface area contributed by atoms with E-state index in [0.717, 1.165) is 31.7 Å². The summed E-state index contributed by atoms with van der Waals surface area (Å²) in [7, 11) is 1.70. The molecule has 1 N–H and O–H groups in total. The normalized spacial score (nSPS) is 12.3. The zero-order chi connectivity index (χ0) is 14.9. The van der Waals surface area contributed by atoms with Gasteiger partial charge < -0.3 is 10.1 Å². The second-order valence-electron chi connectivity index (χ2n) is 5.25. The maximum absolute atomic E-state index is 5.22. The van der Waals surface area contributed by atoms with E-state index in [1.165, 1.54) is 17.0 Å². The smallest absolute Gasteiger partial charge is 0.118 e. The van der Waals surface area contributed by atoms with Gasteiger partial charge in [0.2, 0.25) is 0 Å². The molecule has 114 valence electrons. The molecule has 0 bridgehead atoms. The summed E-state index contributed by atoms with van der Waals surface area (Å²) in [5.41, 5.74) is 1.36. The number of hydrogen-bond donors (Lipinski definition) is 1. The molecular weight excluding hydrogens is 280 g/mol. The summed E-state index contributed by atoms with van der Waals surface area (Å²) in [5, 5.41) is 6.83. The van der Waals surface area contributed by atoms with Gasteiger partial charge in [0.15, 0.2) is 0 Å². The Hall–Kier alpha value is -1.39. The average molecular weight is 304 g/mol. The third-order valence-corrected chi connectivity index (χ3v) is 4.29. The molecule has 1 aromatic carbocycles. The highest BCUT2D eigenvalue weighted by Gasteiger charge is 2.12. The quantitative estimate of drug-likeness (QED) is 0.719. The summed E-state index contributed by atoms with van der Waals surface area (Å²) >= 11 is 1.75. The summed E-state index contributed by atoms with van der Waals surface area (Å²) in [6.45, 7) is 4.32. The van der Waals surface area contributed by atoms with E-state index in [9.17, 15) is 0 Å². The van der Waals surface area contributed by atoms with Crippen LogP contribution in [0.5, 0.6) is 5.75 Å². The summed E-state index contributed by atoms with van der Waals surface area (Å²) in [4.78, 5) is 4.42. The van der Waals surface area contributed by atoms with Crippen LogP contribution < -0.4 is 10.1 Å². The molecule has 1 heterocycles. The number of benzene rings is 1. The molecule has 1 aromatic heterocycles. The van der Waals surface area contributed by atoms with Crippen LogP contribution in [0.2, 0.25) is 0 Å². The fourth-order valence-electron chi connectivity index (χ4n) is 2.40. The van der Waals surface area contributed by atoms with Crippen LogP contribution in [0.4, 0.5) is 0 Å². The second kappa shape index (κ2) is 8.80. The highest BCUT2D eigenvalue weighted by Crippen LogP contribution is 2.18. The molecule has 1 unspecified atom stereocenters. The van der Waals surface area contributed by atoms with Crippen LogP contribution in [-0.4, -0.2) is 25.2 Å². The van der Waals surface area contributed by atoms with Gasteiger partial charge in [-0.05, 0) is 49.5 Å². The second-order valence-corrected chi connectivity index (χ2v) is 6.23. The summed E-state index contributed by atoms with van der Waals surface area (Å²) in [6.07, 6.45) is 5.18. The lowest BCUT2D eigenvalue weighted by Crippen LogP contribution is -2.26. The number of ether oxygens (including phenoxy) is 1. The summed E-state index contributed by atoms with van der Waals surface area (Å²) < 4.78 is 5.22. The molecule has 0 radical (unpaired) electrons. The first-order valence-electron chi connectivity index (χ1n) is 7.53. The molecule has 0 aliphatic carbocycles. The van der Waals surface area contributed by atoms with E-state index < -0.39 is 0 Å². The third kappa shape index (κ3) is 5.48. The number of thiazole rings is 1. The van der Waals surface area contributed by atoms with E-state index in [1.54, 1.807) is 18.4 Å². The first kappa shape index (κ1) is 16.0. The Balaban J connectivity index is 1.96. The van der Waals surface area contributed by atoms with Crippen LogP contribution in [-0.2, 0) is 12.8 Å². The molecule has 2 aromatic rings. The van der Waals surface area contributed by atoms with E-state index in [0.29, 0.717) is 5.92 Å². The molecule has 0 aliphatic heterocycles. The minimum atomic E-state index is 0.580. The molecule has 0 spiro atoms. The van der Waals surface area contributed by atoms with Crippen molar-refractivity contribution in [2.24, 2.45) is 5.92 Å². The van der Waals surface area contributed by atoms with Crippen molar-refractivity contribution in [2.75, 3.05) is 20.2 Å². The van der Waals surface area contributed by atoms with Gasteiger partial charge in [-0.15, -0.1) is 11.3 Å². The van der Waals surface area contributed by atoms with Crippen molar-refractivity contribution in [3.8, 4) is 5.75 Å². The van der Waals surface area contributed by atoms with Crippen LogP contribution in [0.1, 0.15) is 23.9 Å². The van der Waals surface area contributed by atoms with E-state index in [1.807, 2.05) is 18.3 Å². The number of methoxy groups -OCH3 is 1. The van der Waals surface area contributed by atoms with Crippen molar-refractivity contribution < 1.29 is 4.74 Å². The van der Waals surface area contributed by atoms with Crippen LogP contribution in [0.15, 0.2) is 35.8 Å². The fourth-order valence-corrected chi connectivity index (χ4v) is 3.13. The Kier molecular flexibility index (Phi) is 6.70. The van der Waals surface area contributed by atoms with Crippen molar-refractivity contribution >= 4 is 11.3 Å². The predicted molar refractivity (Wildman–Crippen MR) is 89.2 cm³/mol. The fraction of sp³-hybridized carbons (Fsp3) is 0.471. The predicted octanol–water partition coefficient (Wildman–Crippen LogP) is 3.55. The Morgan fingerprint density at radius 2 is 2.05 bits per heavy atom. The van der Waals surface area contributed by atoms with Crippen molar-refractivity contribution in [3.63, 3.8) is 0 Å². The molecule has 0 aliphatic rings. The van der Waals surface area contributed by atoms with Crippen LogP contribution in [0, 0.1) is 5.92 Å². The van der Waals surface area contributed by atoms with E-state index in [2.05, 4.69) is 34.7 Å². The first-order chi connectivity index (χ1) is 10.3. The van der Waals surface area contributed by atoms with Gasteiger partial charge >= 0.3 is 0 Å². The van der Waals surface area contributed by atoms with Crippen molar-refractivity contribution in [2.45, 2.75) is 26.2 Å². The lowest BCUT2D eigenvalue weighted by molar-refractivity contribution is 0.414. The Morgan fingerprint density at radius 1 is 1.24 bits per heavy atom. The van der Waals surface area contributed by atoms with Gasteiger partial charge in [0.1, 0.15) is 5.75 Å². The standard InChI is InChI=1S/C17H24N2OS/c1-3-8-18-13-15(12-17-19-9-10-21-17)11-14-4-6-16(20-2)7-5-14/h4-7,9-10,15,18H,3,8,11-13H2,1-2H3. The topological polar surface area (TPSA) is 34.1 Å². The summed E-state index contributed by atoms with van der Waals surface area (Å²) in [5.74, 6) is 1.50. The van der Waals surface area contributed by atoms with Crippen molar-refractivity contribution in [1.82, 2.24) is 10.3 Å². The number of nitrogens with one attached hydrogen (secondary N) is 1. The Morgan fingerprint density at radius 3 is 2.67 bits per heavy atom. The largest absolute Gasteiger partial charge is 0.497 e. The van der Waals surface area contributed by atoms with Gasteiger partial charge in [-0.2, -0.15) is 0 Å². The summed E-state index contributed by atoms with van der Waals surface area (Å²) in [6, 6.07) is 8.39. The average Bonchev–Trinajstić information content (AvgIpc) is 3.01. The van der Waals surface area contributed by atoms with Crippen LogP contribution in [0.25, 0.3) is 0 Å². The van der Waals surface area contributed by atoms with Gasteiger partial charge in [-0.25, -0.2) is 4.98 Å². The number of aromatic nitrogens is 1. The monoisotopic (exact) mass is 304 g/mol. The van der Waals surface area contributed by atoms with E-state index in [-0.39, 0.29) is 0 Å². The van der Waals surface area contributed by atoms with Gasteiger partial charge in [0.05, 0.1) is 12.1 Å². The zero-order valence-corrected chi connectivity index (χ0v) is 13.7. The molecule has 0 saturated carbocycles. The van der Waals surface area contributed by atoms with Gasteiger partial charge in [-0.3, -0.25) is 0 Å². The molecule has 0 amide bonds. The number of rotatable bonds is 9. The van der Waals surface area contributed by atoms with Crippen LogP contribution >= 0.6 is 11.3 Å². The molecule has 0 saturated heterocycles. The highest BCUT2D eigenvalue weighted by molar-refractivity contribution is 7.09. The Labute approximate surface area is 131 Å². The maximum Gasteiger partial charge on any atom is 0.118 e.